The van der Waals surface area contributed by atoms with E-state index in [9.17, 15) is 9.18 Å². The van der Waals surface area contributed by atoms with Gasteiger partial charge in [-0.1, -0.05) is 20.8 Å². The minimum absolute atomic E-state index is 0.140. The molecule has 0 unspecified atom stereocenters. The summed E-state index contributed by atoms with van der Waals surface area (Å²) in [6, 6.07) is 1.26. The van der Waals surface area contributed by atoms with E-state index in [4.69, 9.17) is 0 Å². The topological polar surface area (TPSA) is 45.2 Å². The summed E-state index contributed by atoms with van der Waals surface area (Å²) in [5.74, 6) is 0.427. The zero-order valence-corrected chi connectivity index (χ0v) is 13.2. The van der Waals surface area contributed by atoms with Gasteiger partial charge in [0.1, 0.15) is 11.6 Å². The van der Waals surface area contributed by atoms with Gasteiger partial charge < -0.3 is 10.2 Å². The van der Waals surface area contributed by atoms with Gasteiger partial charge in [0.15, 0.2) is 0 Å². The van der Waals surface area contributed by atoms with E-state index in [2.05, 4.69) is 31.1 Å². The number of amides is 1. The second-order valence-electron chi connectivity index (χ2n) is 6.73. The Hall–Kier alpha value is -1.65. The Morgan fingerprint density at radius 2 is 2.00 bits per heavy atom. The fraction of sp³-hybridized carbons (Fsp3) is 0.625. The molecule has 1 aromatic heterocycles. The molecule has 1 aliphatic rings. The number of piperidine rings is 1. The van der Waals surface area contributed by atoms with E-state index in [0.29, 0.717) is 17.3 Å². The van der Waals surface area contributed by atoms with E-state index in [1.807, 2.05) is 0 Å². The number of halogens is 1. The van der Waals surface area contributed by atoms with E-state index >= 15 is 0 Å². The first kappa shape index (κ1) is 15.7. The number of nitrogens with zero attached hydrogens (tertiary/aromatic N) is 2. The molecule has 2 heterocycles. The normalized spacial score (nSPS) is 16.9. The van der Waals surface area contributed by atoms with Gasteiger partial charge in [0, 0.05) is 20.1 Å². The summed E-state index contributed by atoms with van der Waals surface area (Å²) in [5, 5.41) is 2.85. The van der Waals surface area contributed by atoms with Gasteiger partial charge in [0.25, 0.3) is 5.91 Å². The molecular formula is C16H24FN3O. The summed E-state index contributed by atoms with van der Waals surface area (Å²) in [6.07, 6.45) is 3.11. The summed E-state index contributed by atoms with van der Waals surface area (Å²) in [5.41, 5.74) is 0.581. The molecule has 21 heavy (non-hydrogen) atoms. The zero-order chi connectivity index (χ0) is 15.6. The van der Waals surface area contributed by atoms with Crippen molar-refractivity contribution in [1.82, 2.24) is 9.88 Å². The quantitative estimate of drug-likeness (QED) is 0.911. The van der Waals surface area contributed by atoms with Crippen LogP contribution in [0.4, 0.5) is 10.2 Å². The van der Waals surface area contributed by atoms with E-state index in [1.165, 1.54) is 6.07 Å². The van der Waals surface area contributed by atoms with E-state index < -0.39 is 5.82 Å². The van der Waals surface area contributed by atoms with Crippen LogP contribution < -0.4 is 5.32 Å². The predicted molar refractivity (Wildman–Crippen MR) is 81.8 cm³/mol. The SMILES string of the molecule is CNc1ncc(F)cc1C(=O)N1CCC(C(C)(C)C)CC1. The third kappa shape index (κ3) is 3.52. The zero-order valence-electron chi connectivity index (χ0n) is 13.2. The van der Waals surface area contributed by atoms with Gasteiger partial charge in [-0.3, -0.25) is 4.79 Å². The number of hydrogen-bond acceptors (Lipinski definition) is 3. The second kappa shape index (κ2) is 6.00. The molecule has 1 aliphatic heterocycles. The lowest BCUT2D eigenvalue weighted by atomic mass is 9.75. The van der Waals surface area contributed by atoms with Gasteiger partial charge in [-0.2, -0.15) is 0 Å². The highest BCUT2D eigenvalue weighted by molar-refractivity contribution is 5.98. The molecule has 1 N–H and O–H groups in total. The first-order valence-corrected chi connectivity index (χ1v) is 7.45. The smallest absolute Gasteiger partial charge is 0.257 e. The molecule has 0 saturated carbocycles. The Kier molecular flexibility index (Phi) is 4.49. The molecule has 0 spiro atoms. The summed E-state index contributed by atoms with van der Waals surface area (Å²) in [4.78, 5) is 18.3. The standard InChI is InChI=1S/C16H24FN3O/c1-16(2,3)11-5-7-20(8-6-11)15(21)13-9-12(17)10-19-14(13)18-4/h9-11H,5-8H2,1-4H3,(H,18,19). The number of nitrogens with one attached hydrogen (secondary N) is 1. The first-order valence-electron chi connectivity index (χ1n) is 7.45. The van der Waals surface area contributed by atoms with Crippen molar-refractivity contribution in [3.8, 4) is 0 Å². The molecule has 0 aromatic carbocycles. The third-order valence-electron chi connectivity index (χ3n) is 4.33. The van der Waals surface area contributed by atoms with Crippen LogP contribution in [0.5, 0.6) is 0 Å². The highest BCUT2D eigenvalue weighted by Crippen LogP contribution is 2.34. The van der Waals surface area contributed by atoms with Gasteiger partial charge in [-0.05, 0) is 30.2 Å². The largest absolute Gasteiger partial charge is 0.372 e. The summed E-state index contributed by atoms with van der Waals surface area (Å²) >= 11 is 0. The Bertz CT molecular complexity index is 517. The fourth-order valence-corrected chi connectivity index (χ4v) is 2.92. The minimum Gasteiger partial charge on any atom is -0.372 e. The van der Waals surface area contributed by atoms with E-state index in [0.717, 1.165) is 32.1 Å². The average molecular weight is 293 g/mol. The first-order chi connectivity index (χ1) is 9.82. The molecule has 0 radical (unpaired) electrons. The molecule has 5 heteroatoms. The van der Waals surface area contributed by atoms with Crippen molar-refractivity contribution in [2.24, 2.45) is 11.3 Å². The second-order valence-corrected chi connectivity index (χ2v) is 6.73. The molecule has 1 amide bonds. The van der Waals surface area contributed by atoms with Crippen LogP contribution in [-0.4, -0.2) is 35.9 Å². The lowest BCUT2D eigenvalue weighted by Gasteiger charge is -2.38. The Labute approximate surface area is 125 Å². The maximum absolute atomic E-state index is 13.4. The molecule has 4 nitrogen and oxygen atoms in total. The number of pyridine rings is 1. The van der Waals surface area contributed by atoms with E-state index in [1.54, 1.807) is 11.9 Å². The van der Waals surface area contributed by atoms with Crippen molar-refractivity contribution in [1.29, 1.82) is 0 Å². The number of carbonyl (C=O) groups is 1. The van der Waals surface area contributed by atoms with Crippen LogP contribution in [0.1, 0.15) is 44.0 Å². The van der Waals surface area contributed by atoms with Crippen molar-refractivity contribution < 1.29 is 9.18 Å². The number of rotatable bonds is 2. The van der Waals surface area contributed by atoms with Crippen LogP contribution in [0.2, 0.25) is 0 Å². The predicted octanol–water partition coefficient (Wildman–Crippen LogP) is 3.16. The van der Waals surface area contributed by atoms with Gasteiger partial charge in [-0.15, -0.1) is 0 Å². The molecule has 116 valence electrons. The van der Waals surface area contributed by atoms with Crippen molar-refractivity contribution in [2.75, 3.05) is 25.5 Å². The minimum atomic E-state index is -0.484. The summed E-state index contributed by atoms with van der Waals surface area (Å²) in [6.45, 7) is 8.17. The lowest BCUT2D eigenvalue weighted by Crippen LogP contribution is -2.41. The molecule has 0 atom stereocenters. The number of hydrogen-bond donors (Lipinski definition) is 1. The Morgan fingerprint density at radius 1 is 1.38 bits per heavy atom. The lowest BCUT2D eigenvalue weighted by molar-refractivity contribution is 0.0609. The molecule has 2 rings (SSSR count). The molecular weight excluding hydrogens is 269 g/mol. The number of carbonyl (C=O) groups excluding carboxylic acids is 1. The van der Waals surface area contributed by atoms with Crippen molar-refractivity contribution in [3.63, 3.8) is 0 Å². The Balaban J connectivity index is 2.11. The van der Waals surface area contributed by atoms with Crippen molar-refractivity contribution in [2.45, 2.75) is 33.6 Å². The fourth-order valence-electron chi connectivity index (χ4n) is 2.92. The maximum Gasteiger partial charge on any atom is 0.257 e. The van der Waals surface area contributed by atoms with Gasteiger partial charge in [0.05, 0.1) is 11.8 Å². The van der Waals surface area contributed by atoms with E-state index in [-0.39, 0.29) is 11.3 Å². The molecule has 1 saturated heterocycles. The van der Waals surface area contributed by atoms with Gasteiger partial charge in [0.2, 0.25) is 0 Å². The van der Waals surface area contributed by atoms with Gasteiger partial charge in [-0.25, -0.2) is 9.37 Å². The van der Waals surface area contributed by atoms with Crippen LogP contribution in [0.25, 0.3) is 0 Å². The number of anilines is 1. The number of likely N-dealkylation sites (tertiary alicyclic amines) is 1. The van der Waals surface area contributed by atoms with Crippen LogP contribution >= 0.6 is 0 Å². The third-order valence-corrected chi connectivity index (χ3v) is 4.33. The van der Waals surface area contributed by atoms with Crippen LogP contribution in [0, 0.1) is 17.2 Å². The highest BCUT2D eigenvalue weighted by Gasteiger charge is 2.31. The molecule has 0 bridgehead atoms. The highest BCUT2D eigenvalue weighted by atomic mass is 19.1. The van der Waals surface area contributed by atoms with Crippen LogP contribution in [0.3, 0.4) is 0 Å². The van der Waals surface area contributed by atoms with Crippen molar-refractivity contribution in [3.05, 3.63) is 23.6 Å². The number of aromatic nitrogens is 1. The molecule has 0 aliphatic carbocycles. The summed E-state index contributed by atoms with van der Waals surface area (Å²) in [7, 11) is 1.68. The van der Waals surface area contributed by atoms with Crippen molar-refractivity contribution >= 4 is 11.7 Å². The molecule has 1 fully saturated rings. The molecule has 1 aromatic rings. The van der Waals surface area contributed by atoms with Crippen LogP contribution in [-0.2, 0) is 0 Å². The van der Waals surface area contributed by atoms with Gasteiger partial charge >= 0.3 is 0 Å². The summed E-state index contributed by atoms with van der Waals surface area (Å²) < 4.78 is 13.4. The maximum atomic E-state index is 13.4. The monoisotopic (exact) mass is 293 g/mol. The van der Waals surface area contributed by atoms with Crippen LogP contribution in [0.15, 0.2) is 12.3 Å². The Morgan fingerprint density at radius 3 is 2.52 bits per heavy atom. The average Bonchev–Trinajstić information content (AvgIpc) is 2.45.